The van der Waals surface area contributed by atoms with E-state index in [1.165, 1.54) is 12.8 Å². The monoisotopic (exact) mass is 235 g/mol. The van der Waals surface area contributed by atoms with Gasteiger partial charge in [0.1, 0.15) is 0 Å². The van der Waals surface area contributed by atoms with Crippen LogP contribution >= 0.6 is 0 Å². The highest BCUT2D eigenvalue weighted by Gasteiger charge is 2.27. The smallest absolute Gasteiger partial charge is 0.223 e. The molecule has 1 aliphatic carbocycles. The van der Waals surface area contributed by atoms with Crippen molar-refractivity contribution in [2.75, 3.05) is 11.9 Å². The van der Waals surface area contributed by atoms with E-state index in [1.807, 2.05) is 20.0 Å². The SMILES string of the molecule is Cc1cnc(NC2CCCC2CCO)nc1C. The molecule has 2 unspecified atom stereocenters. The third-order valence-electron chi connectivity index (χ3n) is 3.70. The Balaban J connectivity index is 2.02. The Labute approximate surface area is 102 Å². The van der Waals surface area contributed by atoms with Gasteiger partial charge in [-0.2, -0.15) is 0 Å². The Morgan fingerprint density at radius 1 is 1.41 bits per heavy atom. The Morgan fingerprint density at radius 2 is 2.24 bits per heavy atom. The second-order valence-corrected chi connectivity index (χ2v) is 4.92. The molecule has 1 heterocycles. The minimum absolute atomic E-state index is 0.274. The number of hydrogen-bond donors (Lipinski definition) is 2. The van der Waals surface area contributed by atoms with Crippen molar-refractivity contribution in [3.05, 3.63) is 17.5 Å². The van der Waals surface area contributed by atoms with Gasteiger partial charge in [-0.25, -0.2) is 9.97 Å². The van der Waals surface area contributed by atoms with E-state index in [-0.39, 0.29) is 6.61 Å². The third kappa shape index (κ3) is 2.94. The van der Waals surface area contributed by atoms with Gasteiger partial charge in [0.25, 0.3) is 0 Å². The fourth-order valence-electron chi connectivity index (χ4n) is 2.50. The Hall–Kier alpha value is -1.16. The van der Waals surface area contributed by atoms with E-state index < -0.39 is 0 Å². The van der Waals surface area contributed by atoms with Crippen LogP contribution in [-0.2, 0) is 0 Å². The molecular weight excluding hydrogens is 214 g/mol. The highest BCUT2D eigenvalue weighted by Crippen LogP contribution is 2.30. The number of anilines is 1. The number of rotatable bonds is 4. The molecule has 2 atom stereocenters. The number of nitrogens with zero attached hydrogens (tertiary/aromatic N) is 2. The first-order valence-electron chi connectivity index (χ1n) is 6.38. The molecule has 4 heteroatoms. The van der Waals surface area contributed by atoms with Crippen molar-refractivity contribution in [2.24, 2.45) is 5.92 Å². The van der Waals surface area contributed by atoms with Crippen molar-refractivity contribution in [1.29, 1.82) is 0 Å². The number of nitrogens with one attached hydrogen (secondary N) is 1. The van der Waals surface area contributed by atoms with Crippen LogP contribution in [0.15, 0.2) is 6.20 Å². The van der Waals surface area contributed by atoms with E-state index in [0.717, 1.165) is 30.0 Å². The van der Waals surface area contributed by atoms with Gasteiger partial charge in [0.15, 0.2) is 0 Å². The van der Waals surface area contributed by atoms with Crippen LogP contribution in [0.5, 0.6) is 0 Å². The number of hydrogen-bond acceptors (Lipinski definition) is 4. The zero-order chi connectivity index (χ0) is 12.3. The molecule has 0 spiro atoms. The molecule has 1 aromatic rings. The van der Waals surface area contributed by atoms with Crippen molar-refractivity contribution < 1.29 is 5.11 Å². The summed E-state index contributed by atoms with van der Waals surface area (Å²) in [6.07, 6.45) is 6.32. The molecule has 0 saturated heterocycles. The summed E-state index contributed by atoms with van der Waals surface area (Å²) in [7, 11) is 0. The molecule has 1 aliphatic rings. The first-order valence-corrected chi connectivity index (χ1v) is 6.38. The van der Waals surface area contributed by atoms with Gasteiger partial charge in [0.2, 0.25) is 5.95 Å². The van der Waals surface area contributed by atoms with Crippen molar-refractivity contribution in [3.63, 3.8) is 0 Å². The van der Waals surface area contributed by atoms with Gasteiger partial charge in [-0.05, 0) is 44.6 Å². The van der Waals surface area contributed by atoms with Crippen LogP contribution in [0.1, 0.15) is 36.9 Å². The lowest BCUT2D eigenvalue weighted by molar-refractivity contribution is 0.254. The normalized spacial score (nSPS) is 23.9. The fraction of sp³-hybridized carbons (Fsp3) is 0.692. The molecule has 0 amide bonds. The van der Waals surface area contributed by atoms with Crippen molar-refractivity contribution in [2.45, 2.75) is 45.6 Å². The topological polar surface area (TPSA) is 58.0 Å². The molecule has 1 saturated carbocycles. The molecule has 0 aliphatic heterocycles. The zero-order valence-corrected chi connectivity index (χ0v) is 10.6. The van der Waals surface area contributed by atoms with E-state index in [0.29, 0.717) is 12.0 Å². The van der Waals surface area contributed by atoms with Crippen molar-refractivity contribution in [1.82, 2.24) is 9.97 Å². The number of aryl methyl sites for hydroxylation is 2. The van der Waals surface area contributed by atoms with Crippen LogP contribution in [-0.4, -0.2) is 27.7 Å². The van der Waals surface area contributed by atoms with Crippen molar-refractivity contribution >= 4 is 5.95 Å². The molecular formula is C13H21N3O. The first-order chi connectivity index (χ1) is 8.20. The second kappa shape index (κ2) is 5.45. The highest BCUT2D eigenvalue weighted by molar-refractivity contribution is 5.30. The van der Waals surface area contributed by atoms with Crippen LogP contribution < -0.4 is 5.32 Å². The van der Waals surface area contributed by atoms with E-state index in [2.05, 4.69) is 15.3 Å². The van der Waals surface area contributed by atoms with Crippen LogP contribution in [0, 0.1) is 19.8 Å². The van der Waals surface area contributed by atoms with E-state index >= 15 is 0 Å². The molecule has 2 N–H and O–H groups in total. The van der Waals surface area contributed by atoms with Gasteiger partial charge in [0, 0.05) is 24.5 Å². The molecule has 1 aromatic heterocycles. The molecule has 0 bridgehead atoms. The van der Waals surface area contributed by atoms with Crippen molar-refractivity contribution in [3.8, 4) is 0 Å². The number of aliphatic hydroxyl groups excluding tert-OH is 1. The molecule has 17 heavy (non-hydrogen) atoms. The minimum Gasteiger partial charge on any atom is -0.396 e. The van der Waals surface area contributed by atoms with Crippen LogP contribution in [0.3, 0.4) is 0 Å². The van der Waals surface area contributed by atoms with Gasteiger partial charge < -0.3 is 10.4 Å². The summed E-state index contributed by atoms with van der Waals surface area (Å²) in [5.41, 5.74) is 2.15. The Morgan fingerprint density at radius 3 is 2.94 bits per heavy atom. The average Bonchev–Trinajstić information content (AvgIpc) is 2.72. The lowest BCUT2D eigenvalue weighted by Gasteiger charge is -2.20. The number of aromatic nitrogens is 2. The Kier molecular flexibility index (Phi) is 3.94. The summed E-state index contributed by atoms with van der Waals surface area (Å²) in [4.78, 5) is 8.76. The summed E-state index contributed by atoms with van der Waals surface area (Å²) in [6, 6.07) is 0.421. The Bertz CT molecular complexity index is 381. The maximum absolute atomic E-state index is 9.03. The molecule has 1 fully saturated rings. The van der Waals surface area contributed by atoms with Gasteiger partial charge in [-0.15, -0.1) is 0 Å². The van der Waals surface area contributed by atoms with E-state index in [4.69, 9.17) is 5.11 Å². The van der Waals surface area contributed by atoms with Gasteiger partial charge in [-0.1, -0.05) is 6.42 Å². The zero-order valence-electron chi connectivity index (χ0n) is 10.6. The standard InChI is InChI=1S/C13H21N3O/c1-9-8-14-13(15-10(9)2)16-12-5-3-4-11(12)6-7-17/h8,11-12,17H,3-7H2,1-2H3,(H,14,15,16). The molecule has 4 nitrogen and oxygen atoms in total. The van der Waals surface area contributed by atoms with Crippen LogP contribution in [0.4, 0.5) is 5.95 Å². The summed E-state index contributed by atoms with van der Waals surface area (Å²) >= 11 is 0. The molecule has 0 aromatic carbocycles. The molecule has 0 radical (unpaired) electrons. The fourth-order valence-corrected chi connectivity index (χ4v) is 2.50. The van der Waals surface area contributed by atoms with Gasteiger partial charge in [0.05, 0.1) is 0 Å². The maximum atomic E-state index is 9.03. The van der Waals surface area contributed by atoms with Gasteiger partial charge in [-0.3, -0.25) is 0 Å². The summed E-state index contributed by atoms with van der Waals surface area (Å²) < 4.78 is 0. The lowest BCUT2D eigenvalue weighted by atomic mass is 10.0. The largest absolute Gasteiger partial charge is 0.396 e. The quantitative estimate of drug-likeness (QED) is 0.838. The number of aliphatic hydroxyl groups is 1. The summed E-state index contributed by atoms with van der Waals surface area (Å²) in [5, 5.41) is 12.4. The maximum Gasteiger partial charge on any atom is 0.223 e. The van der Waals surface area contributed by atoms with Gasteiger partial charge >= 0.3 is 0 Å². The van der Waals surface area contributed by atoms with Crippen LogP contribution in [0.2, 0.25) is 0 Å². The first kappa shape index (κ1) is 12.3. The predicted molar refractivity (Wildman–Crippen MR) is 68.0 cm³/mol. The average molecular weight is 235 g/mol. The molecule has 94 valence electrons. The summed E-state index contributed by atoms with van der Waals surface area (Å²) in [6.45, 7) is 4.29. The highest BCUT2D eigenvalue weighted by atomic mass is 16.3. The van der Waals surface area contributed by atoms with Crippen LogP contribution in [0.25, 0.3) is 0 Å². The minimum atomic E-state index is 0.274. The summed E-state index contributed by atoms with van der Waals surface area (Å²) in [5.74, 6) is 1.29. The second-order valence-electron chi connectivity index (χ2n) is 4.92. The predicted octanol–water partition coefficient (Wildman–Crippen LogP) is 2.06. The van der Waals surface area contributed by atoms with E-state index in [9.17, 15) is 0 Å². The lowest BCUT2D eigenvalue weighted by Crippen LogP contribution is -2.26. The third-order valence-corrected chi connectivity index (χ3v) is 3.70. The van der Waals surface area contributed by atoms with E-state index in [1.54, 1.807) is 0 Å². The molecule has 2 rings (SSSR count).